The van der Waals surface area contributed by atoms with Gasteiger partial charge < -0.3 is 13.7 Å². The molecular weight excluding hydrogens is 337 g/mol. The van der Waals surface area contributed by atoms with Gasteiger partial charge in [0.05, 0.1) is 19.4 Å². The van der Waals surface area contributed by atoms with Gasteiger partial charge in [-0.25, -0.2) is 4.39 Å². The van der Waals surface area contributed by atoms with Gasteiger partial charge in [0.25, 0.3) is 5.89 Å². The predicted molar refractivity (Wildman–Crippen MR) is 91.9 cm³/mol. The van der Waals surface area contributed by atoms with E-state index in [9.17, 15) is 4.39 Å². The molecule has 1 unspecified atom stereocenters. The van der Waals surface area contributed by atoms with Crippen molar-refractivity contribution in [2.75, 3.05) is 19.7 Å². The van der Waals surface area contributed by atoms with E-state index in [1.165, 1.54) is 6.07 Å². The Hall–Kier alpha value is -2.67. The molecule has 3 aromatic rings. The summed E-state index contributed by atoms with van der Waals surface area (Å²) in [5, 5.41) is 4.03. The summed E-state index contributed by atoms with van der Waals surface area (Å²) in [7, 11) is 0. The van der Waals surface area contributed by atoms with Crippen molar-refractivity contribution in [3.8, 4) is 17.4 Å². The number of hydrogen-bond acceptors (Lipinski definition) is 6. The molecule has 0 aliphatic carbocycles. The van der Waals surface area contributed by atoms with Crippen molar-refractivity contribution >= 4 is 0 Å². The van der Waals surface area contributed by atoms with Crippen molar-refractivity contribution < 1.29 is 18.1 Å². The van der Waals surface area contributed by atoms with E-state index in [1.54, 1.807) is 36.6 Å². The maximum absolute atomic E-state index is 13.7. The van der Waals surface area contributed by atoms with Crippen LogP contribution in [0.1, 0.15) is 18.7 Å². The van der Waals surface area contributed by atoms with Crippen molar-refractivity contribution in [2.24, 2.45) is 5.92 Å². The minimum absolute atomic E-state index is 0.311. The largest absolute Gasteiger partial charge is 0.490 e. The molecule has 136 valence electrons. The summed E-state index contributed by atoms with van der Waals surface area (Å²) in [6, 6.07) is 10.1. The van der Waals surface area contributed by atoms with Crippen LogP contribution in [-0.2, 0) is 6.54 Å². The first-order valence-corrected chi connectivity index (χ1v) is 8.74. The summed E-state index contributed by atoms with van der Waals surface area (Å²) in [5.41, 5.74) is 0. The van der Waals surface area contributed by atoms with Crippen LogP contribution >= 0.6 is 0 Å². The molecule has 1 aliphatic rings. The number of halogens is 1. The monoisotopic (exact) mass is 357 g/mol. The van der Waals surface area contributed by atoms with Crippen LogP contribution < -0.4 is 4.74 Å². The van der Waals surface area contributed by atoms with Crippen LogP contribution in [0.5, 0.6) is 5.75 Å². The minimum Gasteiger partial charge on any atom is -0.490 e. The van der Waals surface area contributed by atoms with E-state index >= 15 is 0 Å². The Kier molecular flexibility index (Phi) is 4.97. The lowest BCUT2D eigenvalue weighted by Gasteiger charge is -2.31. The van der Waals surface area contributed by atoms with Gasteiger partial charge in [-0.2, -0.15) is 4.98 Å². The second-order valence-corrected chi connectivity index (χ2v) is 6.48. The Balaban J connectivity index is 1.32. The van der Waals surface area contributed by atoms with Gasteiger partial charge in [0, 0.05) is 12.5 Å². The number of para-hydroxylation sites is 1. The van der Waals surface area contributed by atoms with E-state index in [1.807, 2.05) is 0 Å². The number of benzene rings is 1. The number of likely N-dealkylation sites (tertiary alicyclic amines) is 1. The molecule has 0 bridgehead atoms. The SMILES string of the molecule is Fc1ccccc1OCC1CCCN(Cc2noc(-c3ccco3)n2)C1. The molecule has 1 aliphatic heterocycles. The number of nitrogens with zero attached hydrogens (tertiary/aromatic N) is 3. The Bertz CT molecular complexity index is 834. The molecular formula is C19H20FN3O3. The molecule has 1 saturated heterocycles. The van der Waals surface area contributed by atoms with Crippen molar-refractivity contribution in [3.05, 3.63) is 54.3 Å². The zero-order valence-electron chi connectivity index (χ0n) is 14.3. The molecule has 0 N–H and O–H groups in total. The number of hydrogen-bond donors (Lipinski definition) is 0. The topological polar surface area (TPSA) is 64.5 Å². The first-order valence-electron chi connectivity index (χ1n) is 8.74. The molecule has 7 heteroatoms. The van der Waals surface area contributed by atoms with E-state index in [-0.39, 0.29) is 5.82 Å². The van der Waals surface area contributed by atoms with Crippen molar-refractivity contribution in [3.63, 3.8) is 0 Å². The van der Waals surface area contributed by atoms with Crippen LogP contribution in [0.4, 0.5) is 4.39 Å². The van der Waals surface area contributed by atoms with E-state index in [4.69, 9.17) is 13.7 Å². The van der Waals surface area contributed by atoms with Crippen LogP contribution in [0.3, 0.4) is 0 Å². The Morgan fingerprint density at radius 1 is 1.23 bits per heavy atom. The Morgan fingerprint density at radius 3 is 3.00 bits per heavy atom. The fourth-order valence-electron chi connectivity index (χ4n) is 3.22. The summed E-state index contributed by atoms with van der Waals surface area (Å²) < 4.78 is 29.8. The first-order chi connectivity index (χ1) is 12.8. The maximum Gasteiger partial charge on any atom is 0.293 e. The van der Waals surface area contributed by atoms with E-state index in [2.05, 4.69) is 15.0 Å². The highest BCUT2D eigenvalue weighted by Crippen LogP contribution is 2.22. The zero-order valence-corrected chi connectivity index (χ0v) is 14.3. The lowest BCUT2D eigenvalue weighted by Crippen LogP contribution is -2.37. The van der Waals surface area contributed by atoms with Gasteiger partial charge in [0.1, 0.15) is 0 Å². The summed E-state index contributed by atoms with van der Waals surface area (Å²) in [6.45, 7) is 2.95. The van der Waals surface area contributed by atoms with Crippen molar-refractivity contribution in [1.29, 1.82) is 0 Å². The molecule has 1 fully saturated rings. The highest BCUT2D eigenvalue weighted by molar-refractivity contribution is 5.42. The molecule has 1 atom stereocenters. The second kappa shape index (κ2) is 7.70. The molecule has 0 saturated carbocycles. The predicted octanol–water partition coefficient (Wildman–Crippen LogP) is 3.76. The van der Waals surface area contributed by atoms with Crippen molar-refractivity contribution in [1.82, 2.24) is 15.0 Å². The average Bonchev–Trinajstić information content (AvgIpc) is 3.33. The Labute approximate surface area is 150 Å². The van der Waals surface area contributed by atoms with Gasteiger partial charge in [-0.1, -0.05) is 17.3 Å². The van der Waals surface area contributed by atoms with Crippen LogP contribution in [-0.4, -0.2) is 34.7 Å². The standard InChI is InChI=1S/C19H20FN3O3/c20-15-6-1-2-7-16(15)25-13-14-5-3-9-23(11-14)12-18-21-19(26-22-18)17-8-4-10-24-17/h1-2,4,6-8,10,14H,3,5,9,11-13H2. The molecule has 26 heavy (non-hydrogen) atoms. The lowest BCUT2D eigenvalue weighted by atomic mass is 9.99. The molecule has 6 nitrogen and oxygen atoms in total. The molecule has 0 spiro atoms. The van der Waals surface area contributed by atoms with Crippen LogP contribution in [0.2, 0.25) is 0 Å². The van der Waals surface area contributed by atoms with Crippen molar-refractivity contribution in [2.45, 2.75) is 19.4 Å². The highest BCUT2D eigenvalue weighted by atomic mass is 19.1. The summed E-state index contributed by atoms with van der Waals surface area (Å²) >= 11 is 0. The third kappa shape index (κ3) is 3.94. The number of furan rings is 1. The zero-order chi connectivity index (χ0) is 17.8. The number of piperidine rings is 1. The number of rotatable bonds is 6. The van der Waals surface area contributed by atoms with Gasteiger partial charge in [-0.15, -0.1) is 0 Å². The molecule has 4 rings (SSSR count). The number of aromatic nitrogens is 2. The molecule has 0 amide bonds. The van der Waals surface area contributed by atoms with Gasteiger partial charge >= 0.3 is 0 Å². The van der Waals surface area contributed by atoms with Gasteiger partial charge in [0.15, 0.2) is 23.2 Å². The van der Waals surface area contributed by atoms with Crippen LogP contribution in [0, 0.1) is 11.7 Å². The lowest BCUT2D eigenvalue weighted by molar-refractivity contribution is 0.120. The summed E-state index contributed by atoms with van der Waals surface area (Å²) in [5.74, 6) is 1.93. The summed E-state index contributed by atoms with van der Waals surface area (Å²) in [6.07, 6.45) is 3.70. The third-order valence-corrected chi connectivity index (χ3v) is 4.48. The van der Waals surface area contributed by atoms with Gasteiger partial charge in [-0.05, 0) is 43.7 Å². The smallest absolute Gasteiger partial charge is 0.293 e. The van der Waals surface area contributed by atoms with Gasteiger partial charge in [-0.3, -0.25) is 4.90 Å². The average molecular weight is 357 g/mol. The quantitative estimate of drug-likeness (QED) is 0.669. The molecule has 2 aromatic heterocycles. The minimum atomic E-state index is -0.322. The first kappa shape index (κ1) is 16.8. The van der Waals surface area contributed by atoms with E-state index < -0.39 is 0 Å². The van der Waals surface area contributed by atoms with E-state index in [0.29, 0.717) is 42.3 Å². The normalized spacial score (nSPS) is 18.1. The van der Waals surface area contributed by atoms with Gasteiger partial charge in [0.2, 0.25) is 0 Å². The second-order valence-electron chi connectivity index (χ2n) is 6.48. The fraction of sp³-hybridized carbons (Fsp3) is 0.368. The summed E-state index contributed by atoms with van der Waals surface area (Å²) in [4.78, 5) is 6.66. The van der Waals surface area contributed by atoms with Crippen LogP contribution in [0.15, 0.2) is 51.6 Å². The molecule has 0 radical (unpaired) electrons. The fourth-order valence-corrected chi connectivity index (χ4v) is 3.22. The molecule has 3 heterocycles. The maximum atomic E-state index is 13.7. The van der Waals surface area contributed by atoms with E-state index in [0.717, 1.165) is 25.9 Å². The molecule has 1 aromatic carbocycles. The third-order valence-electron chi connectivity index (χ3n) is 4.48. The highest BCUT2D eigenvalue weighted by Gasteiger charge is 2.23. The van der Waals surface area contributed by atoms with Crippen LogP contribution in [0.25, 0.3) is 11.7 Å². The number of ether oxygens (including phenoxy) is 1. The Morgan fingerprint density at radius 2 is 2.15 bits per heavy atom.